The Labute approximate surface area is 117 Å². The molecule has 1 aromatic carbocycles. The second-order valence-corrected chi connectivity index (χ2v) is 5.53. The van der Waals surface area contributed by atoms with Crippen LogP contribution in [0.3, 0.4) is 0 Å². The smallest absolute Gasteiger partial charge is 0.330 e. The van der Waals surface area contributed by atoms with Gasteiger partial charge in [-0.1, -0.05) is 44.0 Å². The van der Waals surface area contributed by atoms with Gasteiger partial charge in [-0.05, 0) is 18.9 Å². The van der Waals surface area contributed by atoms with E-state index in [4.69, 9.17) is 0 Å². The average Bonchev–Trinajstić information content (AvgIpc) is 2.72. The minimum absolute atomic E-state index is 0.227. The minimum atomic E-state index is -1.12. The molecule has 0 bridgehead atoms. The Morgan fingerprint density at radius 2 is 1.75 bits per heavy atom. The van der Waals surface area contributed by atoms with Gasteiger partial charge in [0.25, 0.3) is 5.91 Å². The van der Waals surface area contributed by atoms with Crippen LogP contribution in [-0.2, 0) is 4.79 Å². The Kier molecular flexibility index (Phi) is 2.89. The summed E-state index contributed by atoms with van der Waals surface area (Å²) in [6.45, 7) is 3.97. The van der Waals surface area contributed by atoms with Gasteiger partial charge in [0.05, 0.1) is 0 Å². The summed E-state index contributed by atoms with van der Waals surface area (Å²) in [4.78, 5) is 25.9. The maximum Gasteiger partial charge on any atom is 0.330 e. The van der Waals surface area contributed by atoms with Crippen molar-refractivity contribution in [3.8, 4) is 0 Å². The van der Waals surface area contributed by atoms with Gasteiger partial charge in [0.1, 0.15) is 5.54 Å². The van der Waals surface area contributed by atoms with Crippen LogP contribution < -0.4 is 0 Å². The fourth-order valence-corrected chi connectivity index (χ4v) is 3.41. The van der Waals surface area contributed by atoms with Crippen LogP contribution in [0.1, 0.15) is 48.0 Å². The lowest BCUT2D eigenvalue weighted by Gasteiger charge is -2.41. The number of hydrogen-bond donors (Lipinski definition) is 1. The van der Waals surface area contributed by atoms with Gasteiger partial charge < -0.3 is 5.11 Å². The molecule has 1 amide bonds. The summed E-state index contributed by atoms with van der Waals surface area (Å²) in [5, 5.41) is 9.73. The molecule has 0 aromatic heterocycles. The number of benzene rings is 1. The molecule has 0 spiro atoms. The highest BCUT2D eigenvalue weighted by molar-refractivity contribution is 6.11. The first kappa shape index (κ1) is 12.9. The third kappa shape index (κ3) is 1.60. The van der Waals surface area contributed by atoms with Crippen molar-refractivity contribution in [1.82, 2.24) is 4.90 Å². The van der Waals surface area contributed by atoms with Crippen LogP contribution in [0, 0.1) is 0 Å². The minimum Gasteiger partial charge on any atom is -0.479 e. The second-order valence-electron chi connectivity index (χ2n) is 5.53. The molecule has 1 N–H and O–H groups in total. The topological polar surface area (TPSA) is 57.6 Å². The fraction of sp³-hybridized carbons (Fsp3) is 0.375. The Hall–Kier alpha value is -2.10. The quantitative estimate of drug-likeness (QED) is 0.899. The highest BCUT2D eigenvalue weighted by atomic mass is 16.4. The van der Waals surface area contributed by atoms with Crippen LogP contribution in [0.2, 0.25) is 0 Å². The Morgan fingerprint density at radius 3 is 2.30 bits per heavy atom. The van der Waals surface area contributed by atoms with E-state index in [1.165, 1.54) is 4.90 Å². The number of rotatable bonds is 2. The lowest BCUT2D eigenvalue weighted by Crippen LogP contribution is -2.55. The molecule has 1 heterocycles. The number of carbonyl (C=O) groups excluding carboxylic acids is 1. The zero-order valence-electron chi connectivity index (χ0n) is 11.3. The van der Waals surface area contributed by atoms with Gasteiger partial charge in [0, 0.05) is 16.8 Å². The summed E-state index contributed by atoms with van der Waals surface area (Å²) in [6.07, 6.45) is 3.69. The summed E-state index contributed by atoms with van der Waals surface area (Å²) in [7, 11) is 0. The number of nitrogens with zero attached hydrogens (tertiary/aromatic N) is 1. The molecular weight excluding hydrogens is 254 g/mol. The number of amides is 1. The second kappa shape index (κ2) is 4.47. The lowest BCUT2D eigenvalue weighted by molar-refractivity contribution is -0.150. The van der Waals surface area contributed by atoms with E-state index in [-0.39, 0.29) is 5.91 Å². The van der Waals surface area contributed by atoms with Crippen molar-refractivity contribution in [3.05, 3.63) is 42.0 Å². The summed E-state index contributed by atoms with van der Waals surface area (Å²) < 4.78 is 0. The molecule has 0 unspecified atom stereocenters. The molecule has 1 fully saturated rings. The number of fused-ring (bicyclic) bond motifs is 1. The predicted octanol–water partition coefficient (Wildman–Crippen LogP) is 2.90. The number of carboxylic acids is 1. The molecule has 20 heavy (non-hydrogen) atoms. The number of hydrogen-bond acceptors (Lipinski definition) is 2. The normalized spacial score (nSPS) is 20.9. The third-order valence-corrected chi connectivity index (χ3v) is 4.45. The first-order valence-corrected chi connectivity index (χ1v) is 6.94. The number of carboxylic acid groups (broad SMARTS) is 1. The van der Waals surface area contributed by atoms with Crippen LogP contribution in [0.5, 0.6) is 0 Å². The van der Waals surface area contributed by atoms with Gasteiger partial charge in [-0.2, -0.15) is 0 Å². The summed E-state index contributed by atoms with van der Waals surface area (Å²) in [6, 6.07) is 7.20. The van der Waals surface area contributed by atoms with Gasteiger partial charge in [0.15, 0.2) is 0 Å². The van der Waals surface area contributed by atoms with Crippen molar-refractivity contribution in [2.75, 3.05) is 0 Å². The molecule has 1 aliphatic heterocycles. The van der Waals surface area contributed by atoms with Crippen LogP contribution in [0.15, 0.2) is 30.8 Å². The third-order valence-electron chi connectivity index (χ3n) is 4.45. The monoisotopic (exact) mass is 271 g/mol. The van der Waals surface area contributed by atoms with Crippen molar-refractivity contribution in [2.24, 2.45) is 0 Å². The number of aliphatic carboxylic acids is 1. The van der Waals surface area contributed by atoms with E-state index in [1.807, 2.05) is 12.1 Å². The molecule has 1 saturated carbocycles. The van der Waals surface area contributed by atoms with Crippen molar-refractivity contribution >= 4 is 17.6 Å². The summed E-state index contributed by atoms with van der Waals surface area (Å²) >= 11 is 0. The van der Waals surface area contributed by atoms with Crippen LogP contribution in [-0.4, -0.2) is 27.4 Å². The van der Waals surface area contributed by atoms with E-state index in [0.29, 0.717) is 24.1 Å². The average molecular weight is 271 g/mol. The molecule has 4 heteroatoms. The molecular formula is C16H17NO3. The SMILES string of the molecule is C=C1c2ccccc2C(=O)N1C1(C(=O)O)CCCCC1. The van der Waals surface area contributed by atoms with Gasteiger partial charge in [-0.15, -0.1) is 0 Å². The van der Waals surface area contributed by atoms with Gasteiger partial charge >= 0.3 is 5.97 Å². The van der Waals surface area contributed by atoms with Crippen molar-refractivity contribution in [3.63, 3.8) is 0 Å². The number of carbonyl (C=O) groups is 2. The molecule has 104 valence electrons. The van der Waals surface area contributed by atoms with E-state index < -0.39 is 11.5 Å². The van der Waals surface area contributed by atoms with Crippen LogP contribution >= 0.6 is 0 Å². The summed E-state index contributed by atoms with van der Waals surface area (Å²) in [5.41, 5.74) is 0.716. The maximum atomic E-state index is 12.6. The van der Waals surface area contributed by atoms with Crippen molar-refractivity contribution < 1.29 is 14.7 Å². The summed E-state index contributed by atoms with van der Waals surface area (Å²) in [5.74, 6) is -1.14. The first-order chi connectivity index (χ1) is 9.58. The van der Waals surface area contributed by atoms with Gasteiger partial charge in [-0.3, -0.25) is 9.69 Å². The van der Waals surface area contributed by atoms with E-state index in [1.54, 1.807) is 12.1 Å². The zero-order chi connectivity index (χ0) is 14.3. The lowest BCUT2D eigenvalue weighted by atomic mass is 9.80. The van der Waals surface area contributed by atoms with E-state index in [0.717, 1.165) is 24.8 Å². The van der Waals surface area contributed by atoms with Gasteiger partial charge in [0.2, 0.25) is 0 Å². The highest BCUT2D eigenvalue weighted by Crippen LogP contribution is 2.43. The molecule has 3 rings (SSSR count). The molecule has 0 saturated heterocycles. The Bertz CT molecular complexity index is 564. The van der Waals surface area contributed by atoms with E-state index >= 15 is 0 Å². The molecule has 1 aliphatic carbocycles. The first-order valence-electron chi connectivity index (χ1n) is 6.94. The zero-order valence-corrected chi connectivity index (χ0v) is 11.3. The predicted molar refractivity (Wildman–Crippen MR) is 75.1 cm³/mol. The van der Waals surface area contributed by atoms with Crippen molar-refractivity contribution in [1.29, 1.82) is 0 Å². The molecule has 0 radical (unpaired) electrons. The molecule has 0 atom stereocenters. The van der Waals surface area contributed by atoms with Crippen LogP contribution in [0.4, 0.5) is 0 Å². The largest absolute Gasteiger partial charge is 0.479 e. The maximum absolute atomic E-state index is 12.6. The molecule has 4 nitrogen and oxygen atoms in total. The fourth-order valence-electron chi connectivity index (χ4n) is 3.41. The highest BCUT2D eigenvalue weighted by Gasteiger charge is 2.51. The molecule has 1 aromatic rings. The van der Waals surface area contributed by atoms with E-state index in [2.05, 4.69) is 6.58 Å². The molecule has 2 aliphatic rings. The van der Waals surface area contributed by atoms with Crippen molar-refractivity contribution in [2.45, 2.75) is 37.6 Å². The van der Waals surface area contributed by atoms with E-state index in [9.17, 15) is 14.7 Å². The Balaban J connectivity index is 2.08. The van der Waals surface area contributed by atoms with Crippen LogP contribution in [0.25, 0.3) is 5.70 Å². The standard InChI is InChI=1S/C16H17NO3/c1-11-12-7-3-4-8-13(12)14(18)17(11)16(15(19)20)9-5-2-6-10-16/h3-4,7-8H,1-2,5-6,9-10H2,(H,19,20). The van der Waals surface area contributed by atoms with Gasteiger partial charge in [-0.25, -0.2) is 4.79 Å². The Morgan fingerprint density at radius 1 is 1.15 bits per heavy atom.